The molecule has 0 aliphatic heterocycles. The van der Waals surface area contributed by atoms with Gasteiger partial charge in [-0.25, -0.2) is 0 Å². The standard InChI is InChI=1S/C19H18N2O3/c1-13-11-17(22)18(19(23)20-15-7-4-3-5-8-15)14(2)21(13)12-16-9-6-10-24-16/h3-11H,12H2,1-2H3,(H,20,23). The van der Waals surface area contributed by atoms with Crippen LogP contribution in [0.3, 0.4) is 0 Å². The lowest BCUT2D eigenvalue weighted by atomic mass is 10.1. The first kappa shape index (κ1) is 15.8. The molecule has 0 saturated carbocycles. The lowest BCUT2D eigenvalue weighted by molar-refractivity contribution is 0.102. The predicted octanol–water partition coefficient (Wildman–Crippen LogP) is 3.36. The zero-order chi connectivity index (χ0) is 17.1. The molecule has 5 nitrogen and oxygen atoms in total. The second-order valence-electron chi connectivity index (χ2n) is 5.60. The highest BCUT2D eigenvalue weighted by molar-refractivity contribution is 6.04. The molecule has 0 atom stereocenters. The molecule has 0 spiro atoms. The Balaban J connectivity index is 1.98. The van der Waals surface area contributed by atoms with Gasteiger partial charge in [0.1, 0.15) is 11.3 Å². The van der Waals surface area contributed by atoms with Crippen molar-refractivity contribution in [2.24, 2.45) is 0 Å². The number of rotatable bonds is 4. The van der Waals surface area contributed by atoms with Crippen molar-refractivity contribution in [3.05, 3.63) is 87.7 Å². The lowest BCUT2D eigenvalue weighted by Crippen LogP contribution is -2.27. The first-order chi connectivity index (χ1) is 11.6. The number of aryl methyl sites for hydroxylation is 1. The summed E-state index contributed by atoms with van der Waals surface area (Å²) >= 11 is 0. The average Bonchev–Trinajstić information content (AvgIpc) is 3.05. The normalized spacial score (nSPS) is 10.6. The second kappa shape index (κ2) is 6.58. The maximum absolute atomic E-state index is 12.6. The Labute approximate surface area is 139 Å². The van der Waals surface area contributed by atoms with E-state index < -0.39 is 5.91 Å². The summed E-state index contributed by atoms with van der Waals surface area (Å²) in [5.74, 6) is 0.358. The smallest absolute Gasteiger partial charge is 0.261 e. The molecule has 0 bridgehead atoms. The zero-order valence-corrected chi connectivity index (χ0v) is 13.6. The summed E-state index contributed by atoms with van der Waals surface area (Å²) in [6.45, 7) is 4.09. The van der Waals surface area contributed by atoms with Crippen LogP contribution in [0.1, 0.15) is 27.5 Å². The van der Waals surface area contributed by atoms with E-state index in [1.807, 2.05) is 41.8 Å². The van der Waals surface area contributed by atoms with E-state index >= 15 is 0 Å². The van der Waals surface area contributed by atoms with Crippen LogP contribution in [0.4, 0.5) is 5.69 Å². The Hall–Kier alpha value is -3.08. The average molecular weight is 322 g/mol. The molecule has 0 aliphatic rings. The number of furan rings is 1. The molecule has 1 aromatic carbocycles. The van der Waals surface area contributed by atoms with Crippen molar-refractivity contribution < 1.29 is 9.21 Å². The summed E-state index contributed by atoms with van der Waals surface area (Å²) in [4.78, 5) is 24.9. The number of nitrogens with zero attached hydrogens (tertiary/aromatic N) is 1. The minimum Gasteiger partial charge on any atom is -0.467 e. The maximum Gasteiger partial charge on any atom is 0.261 e. The van der Waals surface area contributed by atoms with E-state index in [1.165, 1.54) is 6.07 Å². The number of carbonyl (C=O) groups excluding carboxylic acids is 1. The molecule has 0 saturated heterocycles. The number of amides is 1. The van der Waals surface area contributed by atoms with Crippen LogP contribution in [0.25, 0.3) is 0 Å². The van der Waals surface area contributed by atoms with Crippen LogP contribution < -0.4 is 10.7 Å². The molecule has 0 unspecified atom stereocenters. The first-order valence-corrected chi connectivity index (χ1v) is 7.66. The Bertz CT molecular complexity index is 910. The maximum atomic E-state index is 12.6. The van der Waals surface area contributed by atoms with Gasteiger partial charge in [0, 0.05) is 23.1 Å². The van der Waals surface area contributed by atoms with Gasteiger partial charge < -0.3 is 14.3 Å². The highest BCUT2D eigenvalue weighted by Gasteiger charge is 2.18. The summed E-state index contributed by atoms with van der Waals surface area (Å²) in [7, 11) is 0. The minimum absolute atomic E-state index is 0.149. The summed E-state index contributed by atoms with van der Waals surface area (Å²) < 4.78 is 7.28. The first-order valence-electron chi connectivity index (χ1n) is 7.66. The Kier molecular flexibility index (Phi) is 4.33. The highest BCUT2D eigenvalue weighted by Crippen LogP contribution is 2.14. The zero-order valence-electron chi connectivity index (χ0n) is 13.6. The van der Waals surface area contributed by atoms with Crippen molar-refractivity contribution in [2.75, 3.05) is 5.32 Å². The molecule has 1 N–H and O–H groups in total. The molecule has 0 fully saturated rings. The van der Waals surface area contributed by atoms with Crippen molar-refractivity contribution in [2.45, 2.75) is 20.4 Å². The third-order valence-corrected chi connectivity index (χ3v) is 3.93. The molecule has 0 radical (unpaired) electrons. The van der Waals surface area contributed by atoms with Gasteiger partial charge in [0.25, 0.3) is 5.91 Å². The van der Waals surface area contributed by atoms with Gasteiger partial charge in [-0.2, -0.15) is 0 Å². The van der Waals surface area contributed by atoms with Crippen LogP contribution >= 0.6 is 0 Å². The van der Waals surface area contributed by atoms with Crippen molar-refractivity contribution in [3.8, 4) is 0 Å². The number of hydrogen-bond donors (Lipinski definition) is 1. The third kappa shape index (κ3) is 3.15. The third-order valence-electron chi connectivity index (χ3n) is 3.93. The van der Waals surface area contributed by atoms with E-state index in [9.17, 15) is 9.59 Å². The van der Waals surface area contributed by atoms with E-state index in [4.69, 9.17) is 4.42 Å². The van der Waals surface area contributed by atoms with Crippen LogP contribution in [0.2, 0.25) is 0 Å². The van der Waals surface area contributed by atoms with Gasteiger partial charge in [0.15, 0.2) is 5.43 Å². The van der Waals surface area contributed by atoms with Gasteiger partial charge >= 0.3 is 0 Å². The van der Waals surface area contributed by atoms with Crippen LogP contribution in [0.15, 0.2) is 64.0 Å². The number of pyridine rings is 1. The lowest BCUT2D eigenvalue weighted by Gasteiger charge is -2.16. The number of para-hydroxylation sites is 1. The number of nitrogens with one attached hydrogen (secondary N) is 1. The fourth-order valence-electron chi connectivity index (χ4n) is 2.71. The molecule has 0 aliphatic carbocycles. The number of benzene rings is 1. The van der Waals surface area contributed by atoms with Crippen LogP contribution in [0, 0.1) is 13.8 Å². The molecule has 1 amide bonds. The van der Waals surface area contributed by atoms with Crippen LogP contribution in [0.5, 0.6) is 0 Å². The topological polar surface area (TPSA) is 64.2 Å². The largest absolute Gasteiger partial charge is 0.467 e. The minimum atomic E-state index is -0.406. The van der Waals surface area contributed by atoms with Gasteiger partial charge in [-0.1, -0.05) is 18.2 Å². The van der Waals surface area contributed by atoms with Gasteiger partial charge in [-0.3, -0.25) is 9.59 Å². The molecule has 2 aromatic heterocycles. The quantitative estimate of drug-likeness (QED) is 0.801. The number of anilines is 1. The SMILES string of the molecule is Cc1cc(=O)c(C(=O)Nc2ccccc2)c(C)n1Cc1ccco1. The van der Waals surface area contributed by atoms with Crippen molar-refractivity contribution in [1.82, 2.24) is 4.57 Å². The molecule has 24 heavy (non-hydrogen) atoms. The van der Waals surface area contributed by atoms with Crippen molar-refractivity contribution in [3.63, 3.8) is 0 Å². The van der Waals surface area contributed by atoms with Gasteiger partial charge in [0.05, 0.1) is 12.8 Å². The summed E-state index contributed by atoms with van der Waals surface area (Å²) in [5.41, 5.74) is 1.92. The van der Waals surface area contributed by atoms with Gasteiger partial charge in [-0.15, -0.1) is 0 Å². The van der Waals surface area contributed by atoms with E-state index in [1.54, 1.807) is 25.3 Å². The summed E-state index contributed by atoms with van der Waals surface area (Å²) in [6.07, 6.45) is 1.60. The van der Waals surface area contributed by atoms with Gasteiger partial charge in [0.2, 0.25) is 0 Å². The van der Waals surface area contributed by atoms with Crippen molar-refractivity contribution >= 4 is 11.6 Å². The number of aromatic nitrogens is 1. The molecule has 3 aromatic rings. The van der Waals surface area contributed by atoms with Crippen LogP contribution in [-0.4, -0.2) is 10.5 Å². The van der Waals surface area contributed by atoms with E-state index in [2.05, 4.69) is 5.32 Å². The molecule has 3 rings (SSSR count). The van der Waals surface area contributed by atoms with E-state index in [-0.39, 0.29) is 11.0 Å². The monoisotopic (exact) mass is 322 g/mol. The van der Waals surface area contributed by atoms with E-state index in [0.717, 1.165) is 11.5 Å². The van der Waals surface area contributed by atoms with Crippen molar-refractivity contribution in [1.29, 1.82) is 0 Å². The summed E-state index contributed by atoms with van der Waals surface area (Å²) in [5, 5.41) is 2.77. The second-order valence-corrected chi connectivity index (χ2v) is 5.60. The molecule has 5 heteroatoms. The Morgan fingerprint density at radius 3 is 2.54 bits per heavy atom. The fraction of sp³-hybridized carbons (Fsp3) is 0.158. The number of hydrogen-bond acceptors (Lipinski definition) is 3. The molecular weight excluding hydrogens is 304 g/mol. The highest BCUT2D eigenvalue weighted by atomic mass is 16.3. The van der Waals surface area contributed by atoms with E-state index in [0.29, 0.717) is 17.9 Å². The predicted molar refractivity (Wildman–Crippen MR) is 92.4 cm³/mol. The number of carbonyl (C=O) groups is 1. The van der Waals surface area contributed by atoms with Gasteiger partial charge in [-0.05, 0) is 38.1 Å². The summed E-state index contributed by atoms with van der Waals surface area (Å²) in [6, 6.07) is 14.2. The molecule has 122 valence electrons. The molecule has 2 heterocycles. The Morgan fingerprint density at radius 2 is 1.88 bits per heavy atom. The molecular formula is C19H18N2O3. The Morgan fingerprint density at radius 1 is 1.12 bits per heavy atom. The van der Waals surface area contributed by atoms with Crippen LogP contribution in [-0.2, 0) is 6.54 Å². The fourth-order valence-corrected chi connectivity index (χ4v) is 2.71.